The lowest BCUT2D eigenvalue weighted by Crippen LogP contribution is -2.58. The fourth-order valence-corrected chi connectivity index (χ4v) is 9.80. The number of aliphatic hydroxyl groups is 2. The number of carbonyl (C=O) groups is 2. The highest BCUT2D eigenvalue weighted by atomic mass is 16.4. The molecule has 38 heavy (non-hydrogen) atoms. The largest absolute Gasteiger partial charge is 0.480 e. The normalized spacial score (nSPS) is 41.9. The molecule has 0 aliphatic heterocycles. The summed E-state index contributed by atoms with van der Waals surface area (Å²) in [5.74, 6) is 1.59. The molecule has 0 bridgehead atoms. The van der Waals surface area contributed by atoms with E-state index in [1.54, 1.807) is 6.20 Å². The van der Waals surface area contributed by atoms with Crippen molar-refractivity contribution in [1.29, 1.82) is 0 Å². The predicted molar refractivity (Wildman–Crippen MR) is 143 cm³/mol. The summed E-state index contributed by atoms with van der Waals surface area (Å²) in [5, 5.41) is 34.3. The molecule has 0 saturated heterocycles. The highest BCUT2D eigenvalue weighted by Crippen LogP contribution is 2.68. The summed E-state index contributed by atoms with van der Waals surface area (Å²) < 4.78 is 0. The second-order valence-corrected chi connectivity index (χ2v) is 13.6. The Morgan fingerprint density at radius 3 is 2.63 bits per heavy atom. The first kappa shape index (κ1) is 27.6. The molecule has 5 N–H and O–H groups in total. The van der Waals surface area contributed by atoms with Gasteiger partial charge in [-0.15, -0.1) is 0 Å². The zero-order valence-corrected chi connectivity index (χ0v) is 23.2. The van der Waals surface area contributed by atoms with Crippen LogP contribution in [-0.2, 0) is 16.0 Å². The van der Waals surface area contributed by atoms with Crippen molar-refractivity contribution in [3.8, 4) is 0 Å². The van der Waals surface area contributed by atoms with E-state index in [0.717, 1.165) is 38.5 Å². The van der Waals surface area contributed by atoms with Crippen molar-refractivity contribution in [3.63, 3.8) is 0 Å². The van der Waals surface area contributed by atoms with Gasteiger partial charge in [0, 0.05) is 24.7 Å². The number of rotatable bonds is 8. The molecule has 8 nitrogen and oxygen atoms in total. The number of nitrogens with zero attached hydrogens (tertiary/aromatic N) is 1. The first-order chi connectivity index (χ1) is 18.0. The van der Waals surface area contributed by atoms with E-state index in [4.69, 9.17) is 0 Å². The molecule has 4 aliphatic carbocycles. The number of amides is 1. The van der Waals surface area contributed by atoms with Crippen LogP contribution < -0.4 is 5.32 Å². The lowest BCUT2D eigenvalue weighted by atomic mass is 9.43. The molecule has 4 aliphatic rings. The highest BCUT2D eigenvalue weighted by Gasteiger charge is 2.63. The van der Waals surface area contributed by atoms with Gasteiger partial charge in [0.05, 0.1) is 18.5 Å². The average molecular weight is 530 g/mol. The van der Waals surface area contributed by atoms with Crippen LogP contribution in [0.2, 0.25) is 0 Å². The first-order valence-electron chi connectivity index (χ1n) is 14.9. The number of nitrogens with one attached hydrogen (secondary N) is 2. The number of aromatic amines is 1. The second kappa shape index (κ2) is 10.6. The fraction of sp³-hybridized carbons (Fsp3) is 0.833. The van der Waals surface area contributed by atoms with Crippen LogP contribution in [0.15, 0.2) is 12.5 Å². The van der Waals surface area contributed by atoms with Gasteiger partial charge in [-0.2, -0.15) is 0 Å². The Kier molecular flexibility index (Phi) is 7.68. The second-order valence-electron chi connectivity index (χ2n) is 13.6. The number of hydrogen-bond donors (Lipinski definition) is 5. The van der Waals surface area contributed by atoms with E-state index in [1.807, 2.05) is 0 Å². The number of H-pyrrole nitrogens is 1. The molecular formula is C30H47N3O5. The van der Waals surface area contributed by atoms with Crippen LogP contribution in [0.25, 0.3) is 0 Å². The topological polar surface area (TPSA) is 136 Å². The van der Waals surface area contributed by atoms with Gasteiger partial charge in [0.2, 0.25) is 5.91 Å². The molecule has 212 valence electrons. The zero-order valence-electron chi connectivity index (χ0n) is 23.2. The van der Waals surface area contributed by atoms with Gasteiger partial charge in [-0.1, -0.05) is 20.8 Å². The molecule has 0 spiro atoms. The summed E-state index contributed by atoms with van der Waals surface area (Å²) in [4.78, 5) is 31.3. The number of hydrogen-bond acceptors (Lipinski definition) is 5. The number of fused-ring (bicyclic) bond motifs is 5. The standard InChI is InChI=1S/C30H47N3O5/c1-17(4-9-27(36)33-25(28(37)38)13-19-15-31-16-32-19)22-7-8-23-21-6-5-18-12-20(34)10-11-29(18,2)24(21)14-26(35)30(22,23)3/h15-18,20-26,34-35H,4-14H2,1-3H3,(H,31,32)(H,33,36)(H,37,38). The van der Waals surface area contributed by atoms with E-state index in [-0.39, 0.29) is 47.7 Å². The molecule has 4 saturated carbocycles. The monoisotopic (exact) mass is 529 g/mol. The van der Waals surface area contributed by atoms with Gasteiger partial charge in [-0.25, -0.2) is 9.78 Å². The van der Waals surface area contributed by atoms with Crippen molar-refractivity contribution in [2.24, 2.45) is 46.3 Å². The van der Waals surface area contributed by atoms with Gasteiger partial charge < -0.3 is 25.6 Å². The molecule has 1 heterocycles. The minimum atomic E-state index is -1.05. The maximum Gasteiger partial charge on any atom is 0.326 e. The molecule has 0 radical (unpaired) electrons. The van der Waals surface area contributed by atoms with Crippen LogP contribution in [0.5, 0.6) is 0 Å². The summed E-state index contributed by atoms with van der Waals surface area (Å²) in [6.45, 7) is 6.97. The van der Waals surface area contributed by atoms with Crippen molar-refractivity contribution in [2.75, 3.05) is 0 Å². The van der Waals surface area contributed by atoms with E-state index in [0.29, 0.717) is 41.7 Å². The molecule has 1 amide bonds. The van der Waals surface area contributed by atoms with E-state index >= 15 is 0 Å². The summed E-state index contributed by atoms with van der Waals surface area (Å²) in [6.07, 6.45) is 12.1. The number of imidazole rings is 1. The Morgan fingerprint density at radius 1 is 1.13 bits per heavy atom. The minimum Gasteiger partial charge on any atom is -0.480 e. The fourth-order valence-electron chi connectivity index (χ4n) is 9.80. The van der Waals surface area contributed by atoms with Gasteiger partial charge in [-0.05, 0) is 104 Å². The van der Waals surface area contributed by atoms with Crippen LogP contribution in [-0.4, -0.2) is 55.4 Å². The van der Waals surface area contributed by atoms with E-state index in [1.165, 1.54) is 19.2 Å². The number of carboxylic acids is 1. The Hall–Kier alpha value is -1.93. The Labute approximate surface area is 226 Å². The number of aliphatic hydroxyl groups excluding tert-OH is 2. The average Bonchev–Trinajstić information content (AvgIpc) is 3.51. The molecule has 4 fully saturated rings. The third-order valence-electron chi connectivity index (χ3n) is 11.9. The van der Waals surface area contributed by atoms with Crippen LogP contribution in [0.4, 0.5) is 0 Å². The highest BCUT2D eigenvalue weighted by molar-refractivity contribution is 5.83. The van der Waals surface area contributed by atoms with Gasteiger partial charge in [0.1, 0.15) is 6.04 Å². The Bertz CT molecular complexity index is 1000. The number of carbonyl (C=O) groups excluding carboxylic acids is 1. The van der Waals surface area contributed by atoms with Crippen molar-refractivity contribution >= 4 is 11.9 Å². The van der Waals surface area contributed by atoms with Gasteiger partial charge in [-0.3, -0.25) is 4.79 Å². The smallest absolute Gasteiger partial charge is 0.326 e. The molecule has 1 aromatic rings. The van der Waals surface area contributed by atoms with E-state index in [2.05, 4.69) is 36.1 Å². The molecule has 1 aromatic heterocycles. The van der Waals surface area contributed by atoms with Gasteiger partial charge in [0.25, 0.3) is 0 Å². The number of aliphatic carboxylic acids is 1. The van der Waals surface area contributed by atoms with E-state index in [9.17, 15) is 24.9 Å². The van der Waals surface area contributed by atoms with Crippen LogP contribution in [0.1, 0.15) is 90.7 Å². The Morgan fingerprint density at radius 2 is 1.92 bits per heavy atom. The zero-order chi connectivity index (χ0) is 27.2. The molecule has 5 rings (SSSR count). The maximum atomic E-state index is 12.7. The molecule has 11 unspecified atom stereocenters. The lowest BCUT2D eigenvalue weighted by molar-refractivity contribution is -0.175. The third-order valence-corrected chi connectivity index (χ3v) is 11.9. The lowest BCUT2D eigenvalue weighted by Gasteiger charge is -2.62. The molecular weight excluding hydrogens is 482 g/mol. The van der Waals surface area contributed by atoms with Gasteiger partial charge in [0.15, 0.2) is 0 Å². The first-order valence-corrected chi connectivity index (χ1v) is 14.9. The summed E-state index contributed by atoms with van der Waals surface area (Å²) in [5.41, 5.74) is 0.759. The van der Waals surface area contributed by atoms with Crippen LogP contribution in [0.3, 0.4) is 0 Å². The SMILES string of the molecule is CC(CCC(=O)NC(Cc1cnc[nH]1)C(=O)O)C1CCC2C3CCC4CC(O)CCC4(C)C3CC(O)C12C. The van der Waals surface area contributed by atoms with Gasteiger partial charge >= 0.3 is 5.97 Å². The van der Waals surface area contributed by atoms with Crippen LogP contribution in [0, 0.1) is 46.3 Å². The van der Waals surface area contributed by atoms with E-state index < -0.39 is 12.0 Å². The maximum absolute atomic E-state index is 12.7. The summed E-state index contributed by atoms with van der Waals surface area (Å²) in [6, 6.07) is -0.985. The summed E-state index contributed by atoms with van der Waals surface area (Å²) in [7, 11) is 0. The number of carboxylic acid groups (broad SMARTS) is 1. The van der Waals surface area contributed by atoms with Crippen molar-refractivity contribution < 1.29 is 24.9 Å². The van der Waals surface area contributed by atoms with Crippen molar-refractivity contribution in [2.45, 2.75) is 110 Å². The summed E-state index contributed by atoms with van der Waals surface area (Å²) >= 11 is 0. The quantitative estimate of drug-likeness (QED) is 0.346. The van der Waals surface area contributed by atoms with Crippen molar-refractivity contribution in [1.82, 2.24) is 15.3 Å². The molecule has 0 aromatic carbocycles. The molecule has 8 heteroatoms. The number of aromatic nitrogens is 2. The molecule has 11 atom stereocenters. The third kappa shape index (κ3) is 4.80. The van der Waals surface area contributed by atoms with Crippen molar-refractivity contribution in [3.05, 3.63) is 18.2 Å². The predicted octanol–water partition coefficient (Wildman–Crippen LogP) is 3.93. The van der Waals surface area contributed by atoms with Crippen LogP contribution >= 0.6 is 0 Å². The minimum absolute atomic E-state index is 0.140. The Balaban J connectivity index is 1.21.